The maximum Gasteiger partial charge on any atom is 0.261 e. The molecule has 2 aromatic rings. The Hall–Kier alpha value is -2.49. The Morgan fingerprint density at radius 3 is 2.00 bits per heavy atom. The lowest BCUT2D eigenvalue weighted by Gasteiger charge is -2.25. The smallest absolute Gasteiger partial charge is 0.261 e. The summed E-state index contributed by atoms with van der Waals surface area (Å²) < 4.78 is 0. The van der Waals surface area contributed by atoms with Crippen LogP contribution in [-0.2, 0) is 4.79 Å². The van der Waals surface area contributed by atoms with Gasteiger partial charge in [-0.3, -0.25) is 14.5 Å². The molecule has 0 unspecified atom stereocenters. The molecule has 2 amide bonds. The van der Waals surface area contributed by atoms with Gasteiger partial charge >= 0.3 is 0 Å². The van der Waals surface area contributed by atoms with Crippen molar-refractivity contribution in [1.29, 1.82) is 0 Å². The minimum Gasteiger partial charge on any atom is -0.301 e. The van der Waals surface area contributed by atoms with E-state index in [1.165, 1.54) is 0 Å². The van der Waals surface area contributed by atoms with Crippen LogP contribution in [0, 0.1) is 0 Å². The molecule has 1 aliphatic heterocycles. The van der Waals surface area contributed by atoms with Crippen LogP contribution in [-0.4, -0.2) is 29.5 Å². The highest BCUT2D eigenvalue weighted by atomic mass is 16.2. The molecule has 0 saturated carbocycles. The van der Waals surface area contributed by atoms with Crippen LogP contribution in [0.15, 0.2) is 36.4 Å². The Balaban J connectivity index is 2.35. The van der Waals surface area contributed by atoms with Gasteiger partial charge in [-0.25, -0.2) is 0 Å². The number of hydrogen-bond donors (Lipinski definition) is 0. The summed E-state index contributed by atoms with van der Waals surface area (Å²) in [7, 11) is 0. The Morgan fingerprint density at radius 1 is 0.944 bits per heavy atom. The van der Waals surface area contributed by atoms with Crippen LogP contribution >= 0.6 is 0 Å². The molecule has 88 valence electrons. The minimum absolute atomic E-state index is 0.206. The number of amides is 2. The van der Waals surface area contributed by atoms with Gasteiger partial charge in [-0.1, -0.05) is 24.3 Å². The fraction of sp³-hybridized carbons (Fsp3) is 0.0714. The summed E-state index contributed by atoms with van der Waals surface area (Å²) in [5.74, 6) is -0.812. The van der Waals surface area contributed by atoms with Crippen molar-refractivity contribution in [1.82, 2.24) is 4.90 Å². The van der Waals surface area contributed by atoms with Gasteiger partial charge in [0, 0.05) is 16.5 Å². The number of benzene rings is 2. The van der Waals surface area contributed by atoms with Crippen molar-refractivity contribution in [3.63, 3.8) is 0 Å². The first kappa shape index (κ1) is 10.7. The summed E-state index contributed by atoms with van der Waals surface area (Å²) in [4.78, 5) is 35.8. The van der Waals surface area contributed by atoms with Crippen LogP contribution in [0.2, 0.25) is 0 Å². The zero-order valence-corrected chi connectivity index (χ0v) is 9.42. The standard InChI is InChI=1S/C14H9NO3/c16-8-7-15-13(17)10-5-1-3-9-4-2-6-11(12(9)10)14(15)18/h1-6,8H,7H2. The third-order valence-corrected chi connectivity index (χ3v) is 3.11. The lowest BCUT2D eigenvalue weighted by Crippen LogP contribution is -2.41. The lowest BCUT2D eigenvalue weighted by atomic mass is 9.94. The van der Waals surface area contributed by atoms with Gasteiger partial charge < -0.3 is 4.79 Å². The van der Waals surface area contributed by atoms with E-state index in [9.17, 15) is 14.4 Å². The third kappa shape index (κ3) is 1.29. The summed E-state index contributed by atoms with van der Waals surface area (Å²) in [5, 5.41) is 1.54. The van der Waals surface area contributed by atoms with E-state index in [2.05, 4.69) is 0 Å². The average molecular weight is 239 g/mol. The molecule has 3 rings (SSSR count). The van der Waals surface area contributed by atoms with E-state index < -0.39 is 11.8 Å². The van der Waals surface area contributed by atoms with Crippen LogP contribution in [0.5, 0.6) is 0 Å². The summed E-state index contributed by atoms with van der Waals surface area (Å²) in [6.45, 7) is -0.206. The third-order valence-electron chi connectivity index (χ3n) is 3.11. The molecule has 1 aliphatic rings. The summed E-state index contributed by atoms with van der Waals surface area (Å²) >= 11 is 0. The van der Waals surface area contributed by atoms with Crippen molar-refractivity contribution < 1.29 is 14.4 Å². The van der Waals surface area contributed by atoms with Crippen molar-refractivity contribution in [2.75, 3.05) is 6.54 Å². The molecule has 0 saturated heterocycles. The zero-order valence-electron chi connectivity index (χ0n) is 9.42. The van der Waals surface area contributed by atoms with Crippen LogP contribution in [0.3, 0.4) is 0 Å². The first-order valence-corrected chi connectivity index (χ1v) is 5.55. The predicted octanol–water partition coefficient (Wildman–Crippen LogP) is 1.63. The molecule has 2 aromatic carbocycles. The maximum absolute atomic E-state index is 12.1. The van der Waals surface area contributed by atoms with Gasteiger partial charge in [0.25, 0.3) is 11.8 Å². The quantitative estimate of drug-likeness (QED) is 0.591. The van der Waals surface area contributed by atoms with Gasteiger partial charge in [-0.2, -0.15) is 0 Å². The van der Waals surface area contributed by atoms with Crippen molar-refractivity contribution in [2.24, 2.45) is 0 Å². The molecule has 0 aliphatic carbocycles. The van der Waals surface area contributed by atoms with Crippen molar-refractivity contribution in [3.05, 3.63) is 47.5 Å². The SMILES string of the molecule is O=CCN1C(=O)c2cccc3cccc(c23)C1=O. The molecule has 0 N–H and O–H groups in total. The Labute approximate surface area is 103 Å². The Bertz CT molecular complexity index is 640. The molecule has 0 fully saturated rings. The van der Waals surface area contributed by atoms with Crippen LogP contribution < -0.4 is 0 Å². The molecule has 0 bridgehead atoms. The number of carbonyl (C=O) groups excluding carboxylic acids is 3. The monoisotopic (exact) mass is 239 g/mol. The summed E-state index contributed by atoms with van der Waals surface area (Å²) in [6, 6.07) is 10.6. The number of hydrogen-bond acceptors (Lipinski definition) is 3. The van der Waals surface area contributed by atoms with E-state index in [1.54, 1.807) is 24.3 Å². The second-order valence-electron chi connectivity index (χ2n) is 4.10. The van der Waals surface area contributed by atoms with Gasteiger partial charge in [0.05, 0.1) is 6.54 Å². The number of nitrogens with zero attached hydrogens (tertiary/aromatic N) is 1. The molecule has 0 radical (unpaired) electrons. The largest absolute Gasteiger partial charge is 0.301 e. The van der Waals surface area contributed by atoms with Crippen LogP contribution in [0.1, 0.15) is 20.7 Å². The predicted molar refractivity (Wildman–Crippen MR) is 65.4 cm³/mol. The number of imide groups is 1. The van der Waals surface area contributed by atoms with Gasteiger partial charge in [0.1, 0.15) is 6.29 Å². The number of carbonyl (C=O) groups is 3. The molecule has 4 nitrogen and oxygen atoms in total. The van der Waals surface area contributed by atoms with Crippen molar-refractivity contribution >= 4 is 28.9 Å². The molecule has 0 spiro atoms. The van der Waals surface area contributed by atoms with E-state index >= 15 is 0 Å². The van der Waals surface area contributed by atoms with Crippen LogP contribution in [0.25, 0.3) is 10.8 Å². The second kappa shape index (κ2) is 3.77. The topological polar surface area (TPSA) is 54.5 Å². The number of aldehydes is 1. The molecular weight excluding hydrogens is 230 g/mol. The zero-order chi connectivity index (χ0) is 12.7. The second-order valence-corrected chi connectivity index (χ2v) is 4.10. The Kier molecular flexibility index (Phi) is 2.23. The van der Waals surface area contributed by atoms with Crippen molar-refractivity contribution in [3.8, 4) is 0 Å². The first-order chi connectivity index (χ1) is 8.74. The van der Waals surface area contributed by atoms with E-state index in [4.69, 9.17) is 0 Å². The van der Waals surface area contributed by atoms with E-state index in [0.717, 1.165) is 10.3 Å². The van der Waals surface area contributed by atoms with Gasteiger partial charge in [0.2, 0.25) is 0 Å². The molecule has 4 heteroatoms. The fourth-order valence-corrected chi connectivity index (χ4v) is 2.32. The molecular formula is C14H9NO3. The van der Waals surface area contributed by atoms with Gasteiger partial charge in [-0.05, 0) is 17.5 Å². The highest BCUT2D eigenvalue weighted by molar-refractivity contribution is 6.25. The molecule has 1 heterocycles. The molecule has 0 atom stereocenters. The lowest BCUT2D eigenvalue weighted by molar-refractivity contribution is -0.108. The normalized spacial score (nSPS) is 14.1. The summed E-state index contributed by atoms with van der Waals surface area (Å²) in [6.07, 6.45) is 0.559. The van der Waals surface area contributed by atoms with E-state index in [1.807, 2.05) is 12.1 Å². The van der Waals surface area contributed by atoms with Gasteiger partial charge in [0.15, 0.2) is 0 Å². The Morgan fingerprint density at radius 2 is 1.50 bits per heavy atom. The fourth-order valence-electron chi connectivity index (χ4n) is 2.32. The number of rotatable bonds is 2. The van der Waals surface area contributed by atoms with E-state index in [-0.39, 0.29) is 6.54 Å². The average Bonchev–Trinajstić information content (AvgIpc) is 2.40. The highest BCUT2D eigenvalue weighted by Gasteiger charge is 2.31. The summed E-state index contributed by atoms with van der Waals surface area (Å²) in [5.41, 5.74) is 0.953. The first-order valence-electron chi connectivity index (χ1n) is 5.55. The van der Waals surface area contributed by atoms with Gasteiger partial charge in [-0.15, -0.1) is 0 Å². The van der Waals surface area contributed by atoms with E-state index in [0.29, 0.717) is 22.8 Å². The molecule has 18 heavy (non-hydrogen) atoms. The minimum atomic E-state index is -0.406. The van der Waals surface area contributed by atoms with Crippen molar-refractivity contribution in [2.45, 2.75) is 0 Å². The van der Waals surface area contributed by atoms with Crippen LogP contribution in [0.4, 0.5) is 0 Å². The molecule has 0 aromatic heterocycles. The maximum atomic E-state index is 12.1. The highest BCUT2D eigenvalue weighted by Crippen LogP contribution is 2.29.